The Labute approximate surface area is 533 Å². The molecule has 0 spiro atoms. The zero-order chi connectivity index (χ0) is 62.9. The molecule has 2 aromatic heterocycles. The van der Waals surface area contributed by atoms with E-state index >= 15 is 0 Å². The first-order valence-electron chi connectivity index (χ1n) is 31.0. The number of fused-ring (bicyclic) bond motifs is 4. The van der Waals surface area contributed by atoms with Crippen LogP contribution in [0.15, 0.2) is 89.2 Å². The molecule has 25 heteroatoms. The lowest BCUT2D eigenvalue weighted by molar-refractivity contribution is -0.133. The number of rotatable bonds is 17. The Morgan fingerprint density at radius 1 is 0.791 bits per heavy atom. The average molecular weight is 1260 g/mol. The number of carboxylic acid groups (broad SMARTS) is 1. The number of aromatic nitrogens is 3. The van der Waals surface area contributed by atoms with Gasteiger partial charge >= 0.3 is 5.97 Å². The second-order valence-corrected chi connectivity index (χ2v) is 25.3. The molecule has 23 nitrogen and oxygen atoms in total. The number of benzene rings is 5. The summed E-state index contributed by atoms with van der Waals surface area (Å²) in [6.45, 7) is 9.78. The number of carbonyl (C=O) groups is 4. The number of para-hydroxylation sites is 1. The minimum atomic E-state index is -1.11. The third-order valence-corrected chi connectivity index (χ3v) is 19.2. The maximum Gasteiger partial charge on any atom is 0.336 e. The van der Waals surface area contributed by atoms with E-state index in [0.717, 1.165) is 124 Å². The molecule has 91 heavy (non-hydrogen) atoms. The summed E-state index contributed by atoms with van der Waals surface area (Å²) in [5.74, 6) is 1.11. The monoisotopic (exact) mass is 1260 g/mol. The van der Waals surface area contributed by atoms with E-state index in [1.807, 2.05) is 30.0 Å². The lowest BCUT2D eigenvalue weighted by Crippen LogP contribution is -2.51. The summed E-state index contributed by atoms with van der Waals surface area (Å²) in [5, 5.41) is 30.8. The van der Waals surface area contributed by atoms with Crippen molar-refractivity contribution in [3.05, 3.63) is 182 Å². The van der Waals surface area contributed by atoms with Gasteiger partial charge in [-0.2, -0.15) is 0 Å². The SMILES string of the molecule is Cc1nc(Nc2ncc(C(=O)Nc3c(C)cccc3Cl)s2)cc(N2CCN(CC(=O)N(CCNC(=O)c3ccc(C(=O)O)c(C4=c5cc6c7c(c5Oc5c4cc4c8c5CCCN8CCCC4)CCC[N+]=7CCCC6)c3)Cc3cc(N=[N+]=[N-])cc(N=[N+]=[N-])c3)CC2)n1. The van der Waals surface area contributed by atoms with Crippen molar-refractivity contribution in [2.24, 2.45) is 10.2 Å². The van der Waals surface area contributed by atoms with Crippen molar-refractivity contribution < 1.29 is 29.0 Å². The molecule has 6 aliphatic heterocycles. The zero-order valence-electron chi connectivity index (χ0n) is 50.6. The number of hydrogen-bond acceptors (Lipinski definition) is 15. The van der Waals surface area contributed by atoms with Crippen LogP contribution >= 0.6 is 22.9 Å². The van der Waals surface area contributed by atoms with Crippen LogP contribution in [0, 0.1) is 13.8 Å². The molecule has 0 radical (unpaired) electrons. The minimum absolute atomic E-state index is 0.0167. The maximum absolute atomic E-state index is 14.7. The van der Waals surface area contributed by atoms with Gasteiger partial charge in [0.15, 0.2) is 5.13 Å². The van der Waals surface area contributed by atoms with Gasteiger partial charge in [-0.15, -0.1) is 0 Å². The molecule has 0 saturated carbocycles. The molecule has 4 N–H and O–H groups in total. The summed E-state index contributed by atoms with van der Waals surface area (Å²) in [6.07, 6.45) is 11.2. The van der Waals surface area contributed by atoms with Gasteiger partial charge in [-0.05, 0) is 153 Å². The molecule has 8 heterocycles. The first-order chi connectivity index (χ1) is 44.3. The van der Waals surface area contributed by atoms with E-state index in [4.69, 9.17) is 21.3 Å². The van der Waals surface area contributed by atoms with Gasteiger partial charge in [-0.1, -0.05) is 45.3 Å². The summed E-state index contributed by atoms with van der Waals surface area (Å²) in [4.78, 5) is 84.4. The zero-order valence-corrected chi connectivity index (χ0v) is 52.2. The van der Waals surface area contributed by atoms with Gasteiger partial charge in [0.25, 0.3) is 11.8 Å². The molecule has 0 unspecified atom stereocenters. The number of carboxylic acids is 1. The van der Waals surface area contributed by atoms with E-state index in [9.17, 15) is 35.3 Å². The highest BCUT2D eigenvalue weighted by Crippen LogP contribution is 2.49. The Morgan fingerprint density at radius 3 is 2.35 bits per heavy atom. The quantitative estimate of drug-likeness (QED) is 0.0286. The molecule has 6 aliphatic rings. The summed E-state index contributed by atoms with van der Waals surface area (Å²) < 4.78 is 9.84. The summed E-state index contributed by atoms with van der Waals surface area (Å²) in [7, 11) is 0. The first kappa shape index (κ1) is 60.3. The third-order valence-electron chi connectivity index (χ3n) is 17.9. The second-order valence-electron chi connectivity index (χ2n) is 23.9. The van der Waals surface area contributed by atoms with Crippen molar-refractivity contribution in [1.82, 2.24) is 34.6 Å². The van der Waals surface area contributed by atoms with Crippen LogP contribution in [-0.2, 0) is 37.0 Å². The molecule has 464 valence electrons. The van der Waals surface area contributed by atoms with Gasteiger partial charge in [0, 0.05) is 138 Å². The van der Waals surface area contributed by atoms with Gasteiger partial charge in [0.05, 0.1) is 34.6 Å². The van der Waals surface area contributed by atoms with Crippen molar-refractivity contribution >= 4 is 91.7 Å². The van der Waals surface area contributed by atoms with Crippen LogP contribution in [0.25, 0.3) is 26.5 Å². The number of nitrogens with zero attached hydrogens (tertiary/aromatic N) is 14. The van der Waals surface area contributed by atoms with Crippen LogP contribution in [0.1, 0.15) is 119 Å². The lowest BCUT2D eigenvalue weighted by Gasteiger charge is -2.36. The highest BCUT2D eigenvalue weighted by molar-refractivity contribution is 7.17. The largest absolute Gasteiger partial charge is 0.478 e. The molecule has 1 saturated heterocycles. The number of thiazole rings is 1. The molecule has 5 aromatic carbocycles. The maximum atomic E-state index is 14.7. The van der Waals surface area contributed by atoms with E-state index in [1.165, 1.54) is 63.0 Å². The van der Waals surface area contributed by atoms with Gasteiger partial charge in [0.2, 0.25) is 11.3 Å². The summed E-state index contributed by atoms with van der Waals surface area (Å²) in [5.41, 5.74) is 29.5. The molecule has 3 amide bonds. The number of aryl methyl sites for hydroxylation is 4. The van der Waals surface area contributed by atoms with Crippen LogP contribution in [0.5, 0.6) is 11.5 Å². The smallest absolute Gasteiger partial charge is 0.336 e. The number of nitrogens with one attached hydrogen (secondary N) is 3. The van der Waals surface area contributed by atoms with Crippen LogP contribution in [0.4, 0.5) is 39.5 Å². The van der Waals surface area contributed by atoms with Crippen LogP contribution in [0.2, 0.25) is 5.02 Å². The third kappa shape index (κ3) is 12.6. The number of piperazine rings is 1. The number of aromatic carboxylic acids is 1. The summed E-state index contributed by atoms with van der Waals surface area (Å²) >= 11 is 7.54. The van der Waals surface area contributed by atoms with Gasteiger partial charge < -0.3 is 40.5 Å². The molecule has 7 aromatic rings. The normalized spacial score (nSPS) is 15.6. The van der Waals surface area contributed by atoms with Crippen LogP contribution in [0.3, 0.4) is 0 Å². The molecular weight excluding hydrogens is 1190 g/mol. The second kappa shape index (κ2) is 26.1. The van der Waals surface area contributed by atoms with Crippen molar-refractivity contribution in [3.63, 3.8) is 0 Å². The Kier molecular flexibility index (Phi) is 17.3. The van der Waals surface area contributed by atoms with Crippen LogP contribution < -0.4 is 45.6 Å². The Bertz CT molecular complexity index is 4320. The van der Waals surface area contributed by atoms with E-state index in [-0.39, 0.29) is 60.5 Å². The highest BCUT2D eigenvalue weighted by Gasteiger charge is 2.37. The number of amides is 3. The molecule has 0 atom stereocenters. The number of hydrogen-bond donors (Lipinski definition) is 4. The number of azide groups is 2. The number of halogens is 1. The Morgan fingerprint density at radius 2 is 1.56 bits per heavy atom. The molecule has 13 rings (SSSR count). The van der Waals surface area contributed by atoms with Gasteiger partial charge in [-0.25, -0.2) is 24.3 Å². The van der Waals surface area contributed by atoms with Gasteiger partial charge in [-0.3, -0.25) is 19.3 Å². The lowest BCUT2D eigenvalue weighted by atomic mass is 9.82. The standard InChI is InChI=1S/C66H66ClN17O6S/c1-38-10-7-15-52(67)58(38)75-64(87)53-35-71-66(91-53)74-54-34-55(73-39(2)72-54)81-26-24-80(25-27-81)37-56(85)84(36-40-28-44(76-78-68)33-45(29-40)77-79-69)23-18-70-63(86)43-16-17-46(65(88)89)49(32-43)57-50-30-41-11-3-5-19-82-21-8-13-47(59(41)82)61(50)90-62-48-14-9-22-83-20-6-4-12-42(60(48)83)31-51(57)62/h7,10,15-17,28-35H,3-6,8-9,11-14,18-27,36-37H2,1-2H3,(H3-,70,71,72,73,74,75,86,87,88,89)/p+1. The molecular formula is C66H67ClN17O6S+. The fraction of sp³-hybridized carbons (Fsp3) is 0.364. The first-order valence-corrected chi connectivity index (χ1v) is 32.2. The van der Waals surface area contributed by atoms with Crippen molar-refractivity contribution in [2.45, 2.75) is 84.6 Å². The van der Waals surface area contributed by atoms with E-state index in [0.29, 0.717) is 75.5 Å². The predicted octanol–water partition coefficient (Wildman–Crippen LogP) is 10.6. The predicted molar refractivity (Wildman–Crippen MR) is 350 cm³/mol. The highest BCUT2D eigenvalue weighted by atomic mass is 35.5. The fourth-order valence-electron chi connectivity index (χ4n) is 13.8. The Balaban J connectivity index is 0.751. The topological polar surface area (TPSA) is 286 Å². The minimum Gasteiger partial charge on any atom is -0.478 e. The fourth-order valence-corrected chi connectivity index (χ4v) is 14.8. The van der Waals surface area contributed by atoms with E-state index < -0.39 is 11.9 Å². The molecule has 0 aliphatic carbocycles. The van der Waals surface area contributed by atoms with Gasteiger partial charge in [0.1, 0.15) is 46.9 Å². The Hall–Kier alpha value is -9.57. The average Bonchev–Trinajstić information content (AvgIpc) is 1.31. The van der Waals surface area contributed by atoms with Crippen LogP contribution in [-0.4, -0.2) is 126 Å². The van der Waals surface area contributed by atoms with Crippen molar-refractivity contribution in [2.75, 3.05) is 92.4 Å². The molecule has 1 fully saturated rings. The van der Waals surface area contributed by atoms with Crippen molar-refractivity contribution in [1.29, 1.82) is 0 Å². The van der Waals surface area contributed by atoms with E-state index in [1.54, 1.807) is 42.2 Å². The molecule has 0 bridgehead atoms. The summed E-state index contributed by atoms with van der Waals surface area (Å²) in [6, 6.07) is 21.2. The number of anilines is 5. The number of carbonyl (C=O) groups excluding carboxylic acids is 3. The number of ether oxygens (including phenoxy) is 1. The van der Waals surface area contributed by atoms with E-state index in [2.05, 4.69) is 72.5 Å². The van der Waals surface area contributed by atoms with Crippen molar-refractivity contribution in [3.8, 4) is 11.5 Å².